The highest BCUT2D eigenvalue weighted by atomic mass is 16.5. The smallest absolute Gasteiger partial charge is 0.0665 e. The molecule has 6 fully saturated rings. The minimum absolute atomic E-state index is 0.0849. The molecular weight excluding hydrogens is 364 g/mol. The second kappa shape index (κ2) is 9.12. The van der Waals surface area contributed by atoms with Crippen LogP contribution < -0.4 is 5.32 Å². The summed E-state index contributed by atoms with van der Waals surface area (Å²) in [6, 6.07) is 0.424. The lowest BCUT2D eigenvalue weighted by Gasteiger charge is -2.44. The minimum Gasteiger partial charge on any atom is -0.378 e. The molecule has 166 valence electrons. The Morgan fingerprint density at radius 3 is 2.66 bits per heavy atom. The fraction of sp³-hybridized carbons (Fsp3) is 1.00. The van der Waals surface area contributed by atoms with Crippen molar-refractivity contribution in [2.45, 2.75) is 88.5 Å². The molecule has 2 aliphatic carbocycles. The first-order chi connectivity index (χ1) is 14.2. The average molecular weight is 407 g/mol. The van der Waals surface area contributed by atoms with E-state index in [0.717, 1.165) is 57.9 Å². The first kappa shape index (κ1) is 20.7. The third-order valence-electron chi connectivity index (χ3n) is 8.72. The van der Waals surface area contributed by atoms with Crippen molar-refractivity contribution in [3.8, 4) is 0 Å². The molecule has 2 saturated carbocycles. The van der Waals surface area contributed by atoms with Crippen molar-refractivity contribution in [2.75, 3.05) is 46.1 Å². The maximum Gasteiger partial charge on any atom is 0.0665 e. The highest BCUT2D eigenvalue weighted by Gasteiger charge is 2.49. The van der Waals surface area contributed by atoms with Crippen LogP contribution >= 0.6 is 0 Å². The molecule has 5 heteroatoms. The summed E-state index contributed by atoms with van der Waals surface area (Å²) in [4.78, 5) is 2.69. The predicted octanol–water partition coefficient (Wildman–Crippen LogP) is 3.22. The number of hydrogen-bond acceptors (Lipinski definition) is 5. The van der Waals surface area contributed by atoms with Gasteiger partial charge in [0.05, 0.1) is 50.2 Å². The summed E-state index contributed by atoms with van der Waals surface area (Å²) >= 11 is 0. The number of nitrogens with zero attached hydrogens (tertiary/aromatic N) is 1. The van der Waals surface area contributed by atoms with Gasteiger partial charge in [-0.15, -0.1) is 0 Å². The van der Waals surface area contributed by atoms with Gasteiger partial charge >= 0.3 is 0 Å². The van der Waals surface area contributed by atoms with Crippen molar-refractivity contribution in [1.82, 2.24) is 10.2 Å². The molecule has 0 aromatic carbocycles. The van der Waals surface area contributed by atoms with E-state index in [1.54, 1.807) is 0 Å². The van der Waals surface area contributed by atoms with Crippen LogP contribution in [0.4, 0.5) is 0 Å². The summed E-state index contributed by atoms with van der Waals surface area (Å²) in [5.74, 6) is 2.23. The molecule has 0 aromatic rings. The van der Waals surface area contributed by atoms with Crippen LogP contribution in [0, 0.1) is 17.8 Å². The van der Waals surface area contributed by atoms with E-state index in [1.165, 1.54) is 57.8 Å². The molecule has 1 spiro atoms. The van der Waals surface area contributed by atoms with Crippen LogP contribution in [-0.2, 0) is 14.2 Å². The van der Waals surface area contributed by atoms with Crippen molar-refractivity contribution in [3.63, 3.8) is 0 Å². The van der Waals surface area contributed by atoms with E-state index in [-0.39, 0.29) is 5.54 Å². The molecule has 4 unspecified atom stereocenters. The van der Waals surface area contributed by atoms with E-state index in [9.17, 15) is 0 Å². The summed E-state index contributed by atoms with van der Waals surface area (Å²) in [5.41, 5.74) is 0.0849. The number of fused-ring (bicyclic) bond motifs is 6. The van der Waals surface area contributed by atoms with E-state index < -0.39 is 0 Å². The van der Waals surface area contributed by atoms with Gasteiger partial charge in [0, 0.05) is 19.6 Å². The number of rotatable bonds is 0. The Morgan fingerprint density at radius 1 is 0.966 bits per heavy atom. The van der Waals surface area contributed by atoms with Crippen molar-refractivity contribution in [3.05, 3.63) is 0 Å². The molecule has 6 rings (SSSR count). The molecule has 29 heavy (non-hydrogen) atoms. The van der Waals surface area contributed by atoms with Gasteiger partial charge in [0.2, 0.25) is 0 Å². The van der Waals surface area contributed by atoms with E-state index >= 15 is 0 Å². The lowest BCUT2D eigenvalue weighted by atomic mass is 9.71. The summed E-state index contributed by atoms with van der Waals surface area (Å²) in [6.45, 7) is 9.05. The van der Waals surface area contributed by atoms with Crippen LogP contribution in [-0.4, -0.2) is 74.8 Å². The monoisotopic (exact) mass is 406 g/mol. The zero-order valence-corrected chi connectivity index (χ0v) is 18.4. The SMILES string of the molecule is CC1COC2CCCCC2C2CCC(CC2)OCC2N(CC[C@@]23COCCN3)C1. The van der Waals surface area contributed by atoms with Gasteiger partial charge in [0.25, 0.3) is 0 Å². The second-order valence-electron chi connectivity index (χ2n) is 10.7. The molecule has 1 N–H and O–H groups in total. The molecular formula is C24H42N2O3. The van der Waals surface area contributed by atoms with Gasteiger partial charge in [-0.3, -0.25) is 4.90 Å². The third kappa shape index (κ3) is 4.41. The quantitative estimate of drug-likeness (QED) is 0.669. The highest BCUT2D eigenvalue weighted by molar-refractivity contribution is 5.07. The molecule has 5 atom stereocenters. The van der Waals surface area contributed by atoms with Gasteiger partial charge in [0.1, 0.15) is 0 Å². The van der Waals surface area contributed by atoms with Crippen molar-refractivity contribution >= 4 is 0 Å². The van der Waals surface area contributed by atoms with Crippen molar-refractivity contribution in [1.29, 1.82) is 0 Å². The van der Waals surface area contributed by atoms with Crippen LogP contribution in [0.1, 0.15) is 64.7 Å². The Hall–Kier alpha value is -0.200. The normalized spacial score (nSPS) is 47.5. The van der Waals surface area contributed by atoms with E-state index in [0.29, 0.717) is 24.2 Å². The fourth-order valence-electron chi connectivity index (χ4n) is 7.07. The average Bonchev–Trinajstić information content (AvgIpc) is 3.07. The molecule has 0 radical (unpaired) electrons. The van der Waals surface area contributed by atoms with Gasteiger partial charge in [-0.25, -0.2) is 0 Å². The van der Waals surface area contributed by atoms with Crippen LogP contribution in [0.15, 0.2) is 0 Å². The van der Waals surface area contributed by atoms with Crippen LogP contribution in [0.5, 0.6) is 0 Å². The lowest BCUT2D eigenvalue weighted by molar-refractivity contribution is -0.0824. The van der Waals surface area contributed by atoms with Gasteiger partial charge in [-0.1, -0.05) is 19.8 Å². The number of ether oxygens (including phenoxy) is 3. The topological polar surface area (TPSA) is 43.0 Å². The number of hydrogen-bond donors (Lipinski definition) is 1. The van der Waals surface area contributed by atoms with Gasteiger partial charge < -0.3 is 19.5 Å². The Balaban J connectivity index is 1.32. The number of nitrogens with one attached hydrogen (secondary N) is 1. The Labute approximate surface area is 177 Å². The van der Waals surface area contributed by atoms with Crippen LogP contribution in [0.2, 0.25) is 0 Å². The minimum atomic E-state index is 0.0849. The molecule has 4 heterocycles. The van der Waals surface area contributed by atoms with Crippen LogP contribution in [0.25, 0.3) is 0 Å². The van der Waals surface area contributed by atoms with E-state index in [1.807, 2.05) is 0 Å². The maximum absolute atomic E-state index is 6.64. The van der Waals surface area contributed by atoms with Crippen molar-refractivity contribution < 1.29 is 14.2 Å². The Kier molecular flexibility index (Phi) is 6.50. The largest absolute Gasteiger partial charge is 0.378 e. The second-order valence-corrected chi connectivity index (χ2v) is 10.7. The first-order valence-corrected chi connectivity index (χ1v) is 12.5. The van der Waals surface area contributed by atoms with Crippen LogP contribution in [0.3, 0.4) is 0 Å². The zero-order chi connectivity index (χ0) is 19.7. The number of morpholine rings is 1. The third-order valence-corrected chi connectivity index (χ3v) is 8.72. The molecule has 0 amide bonds. The highest BCUT2D eigenvalue weighted by Crippen LogP contribution is 2.41. The van der Waals surface area contributed by atoms with E-state index in [2.05, 4.69) is 17.1 Å². The summed E-state index contributed by atoms with van der Waals surface area (Å²) in [5, 5.41) is 3.85. The Bertz CT molecular complexity index is 530. The fourth-order valence-corrected chi connectivity index (χ4v) is 7.07. The zero-order valence-electron chi connectivity index (χ0n) is 18.4. The summed E-state index contributed by atoms with van der Waals surface area (Å²) in [6.07, 6.45) is 12.7. The van der Waals surface area contributed by atoms with Gasteiger partial charge in [0.15, 0.2) is 0 Å². The standard InChI is InChI=1S/C24H42N2O3/c1-18-14-26-12-10-24(17-27-13-11-25-24)23(26)16-28-20-8-6-19(7-9-20)21-4-2-3-5-22(21)29-15-18/h18-23,25H,2-17H2,1H3/t18?,19?,20?,21?,22?,23?,24-/m1/s1. The molecule has 4 saturated heterocycles. The molecule has 0 aromatic heterocycles. The maximum atomic E-state index is 6.64. The lowest BCUT2D eigenvalue weighted by Crippen LogP contribution is -2.63. The molecule has 4 aliphatic heterocycles. The van der Waals surface area contributed by atoms with E-state index in [4.69, 9.17) is 14.2 Å². The van der Waals surface area contributed by atoms with Gasteiger partial charge in [-0.2, -0.15) is 0 Å². The first-order valence-electron chi connectivity index (χ1n) is 12.5. The molecule has 5 nitrogen and oxygen atoms in total. The summed E-state index contributed by atoms with van der Waals surface area (Å²) < 4.78 is 19.2. The van der Waals surface area contributed by atoms with Gasteiger partial charge in [-0.05, 0) is 62.7 Å². The Morgan fingerprint density at radius 2 is 1.83 bits per heavy atom. The summed E-state index contributed by atoms with van der Waals surface area (Å²) in [7, 11) is 0. The molecule has 2 bridgehead atoms. The van der Waals surface area contributed by atoms with Crippen molar-refractivity contribution in [2.24, 2.45) is 17.8 Å². The molecule has 6 aliphatic rings. The predicted molar refractivity (Wildman–Crippen MR) is 114 cm³/mol.